The fourth-order valence-electron chi connectivity index (χ4n) is 6.63. The van der Waals surface area contributed by atoms with Gasteiger partial charge in [-0.25, -0.2) is 9.59 Å². The van der Waals surface area contributed by atoms with Crippen LogP contribution in [0.25, 0.3) is 5.57 Å². The number of carbonyl (C=O) groups excluding carboxylic acids is 2. The number of ether oxygens (including phenoxy) is 6. The highest BCUT2D eigenvalue weighted by Gasteiger charge is 2.51. The molecule has 2 aliphatic heterocycles. The van der Waals surface area contributed by atoms with Crippen LogP contribution in [0.4, 0.5) is 0 Å². The molecule has 1 aliphatic carbocycles. The van der Waals surface area contributed by atoms with Gasteiger partial charge in [-0.1, -0.05) is 17.7 Å². The Kier molecular flexibility index (Phi) is 12.5. The molecule has 1 aromatic carbocycles. The van der Waals surface area contributed by atoms with Crippen molar-refractivity contribution in [3.8, 4) is 0 Å². The van der Waals surface area contributed by atoms with Gasteiger partial charge in [0.15, 0.2) is 11.4 Å². The molecule has 3 aliphatic rings. The van der Waals surface area contributed by atoms with Crippen molar-refractivity contribution in [1.29, 1.82) is 0 Å². The molecule has 1 spiro atoms. The van der Waals surface area contributed by atoms with Gasteiger partial charge in [-0.15, -0.1) is 0 Å². The molecule has 4 rings (SSSR count). The number of likely N-dealkylation sites (tertiary alicyclic amines) is 1. The number of aryl methyl sites for hydroxylation is 3. The summed E-state index contributed by atoms with van der Waals surface area (Å²) in [5.74, 6) is -0.710. The number of rotatable bonds is 14. The van der Waals surface area contributed by atoms with Gasteiger partial charge in [0.25, 0.3) is 0 Å². The summed E-state index contributed by atoms with van der Waals surface area (Å²) < 4.78 is 34.1. The number of hydrogen-bond acceptors (Lipinski definition) is 10. The highest BCUT2D eigenvalue weighted by atomic mass is 16.6. The van der Waals surface area contributed by atoms with E-state index in [9.17, 15) is 14.7 Å². The Morgan fingerprint density at radius 3 is 2.07 bits per heavy atom. The topological polar surface area (TPSA) is 113 Å². The van der Waals surface area contributed by atoms with Crippen LogP contribution in [0.1, 0.15) is 81.5 Å². The largest absolute Gasteiger partial charge is 0.507 e. The number of aliphatic hydroxyl groups excluding tert-OH is 1. The Morgan fingerprint density at radius 1 is 0.911 bits per heavy atom. The fourth-order valence-corrected chi connectivity index (χ4v) is 6.63. The predicted octanol–water partition coefficient (Wildman–Crippen LogP) is 4.99. The molecule has 1 aromatic rings. The molecule has 0 radical (unpaired) electrons. The van der Waals surface area contributed by atoms with E-state index in [0.29, 0.717) is 51.4 Å². The van der Waals surface area contributed by atoms with Crippen LogP contribution in [0.3, 0.4) is 0 Å². The lowest BCUT2D eigenvalue weighted by Gasteiger charge is -2.39. The van der Waals surface area contributed by atoms with Crippen LogP contribution in [-0.4, -0.2) is 105 Å². The van der Waals surface area contributed by atoms with Gasteiger partial charge in [0, 0.05) is 19.6 Å². The minimum atomic E-state index is -0.931. The number of esters is 2. The minimum absolute atomic E-state index is 0.0746. The van der Waals surface area contributed by atoms with Crippen molar-refractivity contribution < 1.29 is 43.1 Å². The summed E-state index contributed by atoms with van der Waals surface area (Å²) in [6.45, 7) is 16.6. The molecule has 45 heavy (non-hydrogen) atoms. The molecule has 252 valence electrons. The van der Waals surface area contributed by atoms with Crippen LogP contribution in [0.5, 0.6) is 0 Å². The summed E-state index contributed by atoms with van der Waals surface area (Å²) in [5, 5.41) is 11.3. The zero-order chi connectivity index (χ0) is 32.6. The smallest absolute Gasteiger partial charge is 0.343 e. The zero-order valence-electron chi connectivity index (χ0n) is 28.1. The van der Waals surface area contributed by atoms with E-state index in [1.54, 1.807) is 0 Å². The van der Waals surface area contributed by atoms with Crippen LogP contribution >= 0.6 is 0 Å². The second-order valence-corrected chi connectivity index (χ2v) is 13.6. The average molecular weight is 632 g/mol. The first-order valence-electron chi connectivity index (χ1n) is 16.4. The van der Waals surface area contributed by atoms with Gasteiger partial charge in [-0.05, 0) is 96.8 Å². The van der Waals surface area contributed by atoms with Gasteiger partial charge in [0.05, 0.1) is 45.2 Å². The van der Waals surface area contributed by atoms with Crippen molar-refractivity contribution in [2.45, 2.75) is 103 Å². The molecule has 10 heteroatoms. The molecule has 0 unspecified atom stereocenters. The van der Waals surface area contributed by atoms with Gasteiger partial charge in [0.1, 0.15) is 17.8 Å². The van der Waals surface area contributed by atoms with Crippen molar-refractivity contribution in [2.75, 3.05) is 59.3 Å². The number of piperidine rings is 1. The Labute approximate surface area is 268 Å². The maximum atomic E-state index is 13.0. The second kappa shape index (κ2) is 15.9. The Morgan fingerprint density at radius 2 is 1.47 bits per heavy atom. The molecule has 0 bridgehead atoms. The lowest BCUT2D eigenvalue weighted by atomic mass is 9.80. The molecule has 1 saturated carbocycles. The van der Waals surface area contributed by atoms with Gasteiger partial charge in [-0.2, -0.15) is 0 Å². The molecular formula is C35H53NO9. The lowest BCUT2D eigenvalue weighted by molar-refractivity contribution is -0.160. The molecular weight excluding hydrogens is 578 g/mol. The average Bonchev–Trinajstić information content (AvgIpc) is 3.19. The predicted molar refractivity (Wildman–Crippen MR) is 170 cm³/mol. The summed E-state index contributed by atoms with van der Waals surface area (Å²) in [7, 11) is 0. The van der Waals surface area contributed by atoms with Crippen LogP contribution in [0.2, 0.25) is 0 Å². The third-order valence-corrected chi connectivity index (χ3v) is 8.68. The second-order valence-electron chi connectivity index (χ2n) is 13.6. The number of nitrogens with zero attached hydrogens (tertiary/aromatic N) is 1. The highest BCUT2D eigenvalue weighted by molar-refractivity contribution is 6.20. The highest BCUT2D eigenvalue weighted by Crippen LogP contribution is 2.47. The van der Waals surface area contributed by atoms with E-state index >= 15 is 0 Å². The molecule has 2 heterocycles. The SMILES string of the molecule is Cc1cc(C)c(C2=C(O)[C@]3(CC[C@H](OC4CCN(CCOCCOCCOCC(=O)OC(C)(C)C)CC4)CC3)OC2=O)c(C)c1. The summed E-state index contributed by atoms with van der Waals surface area (Å²) in [6, 6.07) is 4.08. The minimum Gasteiger partial charge on any atom is -0.507 e. The van der Waals surface area contributed by atoms with E-state index in [2.05, 4.69) is 4.90 Å². The number of benzene rings is 1. The summed E-state index contributed by atoms with van der Waals surface area (Å²) >= 11 is 0. The molecule has 2 fully saturated rings. The summed E-state index contributed by atoms with van der Waals surface area (Å²) in [5.41, 5.74) is 2.76. The quantitative estimate of drug-likeness (QED) is 0.223. The van der Waals surface area contributed by atoms with Crippen molar-refractivity contribution in [3.05, 3.63) is 40.1 Å². The first kappa shape index (κ1) is 35.4. The van der Waals surface area contributed by atoms with E-state index in [0.717, 1.165) is 67.6 Å². The first-order chi connectivity index (χ1) is 21.4. The fraction of sp³-hybridized carbons (Fsp3) is 0.714. The van der Waals surface area contributed by atoms with E-state index in [1.165, 1.54) is 0 Å². The van der Waals surface area contributed by atoms with Crippen LogP contribution < -0.4 is 0 Å². The van der Waals surface area contributed by atoms with Crippen molar-refractivity contribution >= 4 is 17.5 Å². The molecule has 0 amide bonds. The monoisotopic (exact) mass is 631 g/mol. The van der Waals surface area contributed by atoms with Crippen molar-refractivity contribution in [2.24, 2.45) is 0 Å². The van der Waals surface area contributed by atoms with Gasteiger partial charge in [0.2, 0.25) is 0 Å². The van der Waals surface area contributed by atoms with Crippen LogP contribution in [0.15, 0.2) is 17.9 Å². The third-order valence-electron chi connectivity index (χ3n) is 8.68. The van der Waals surface area contributed by atoms with E-state index in [-0.39, 0.29) is 30.5 Å². The van der Waals surface area contributed by atoms with Gasteiger partial charge >= 0.3 is 11.9 Å². The lowest BCUT2D eigenvalue weighted by Crippen LogP contribution is -2.43. The Hall–Kier alpha value is -2.50. The Balaban J connectivity index is 1.07. The third kappa shape index (κ3) is 9.99. The summed E-state index contributed by atoms with van der Waals surface area (Å²) in [4.78, 5) is 27.0. The maximum Gasteiger partial charge on any atom is 0.343 e. The number of carbonyl (C=O) groups is 2. The number of aliphatic hydroxyl groups is 1. The van der Waals surface area contributed by atoms with Crippen molar-refractivity contribution in [1.82, 2.24) is 4.90 Å². The van der Waals surface area contributed by atoms with E-state index in [1.807, 2.05) is 53.7 Å². The molecule has 1 N–H and O–H groups in total. The van der Waals surface area contributed by atoms with Gasteiger partial charge in [-0.3, -0.25) is 0 Å². The molecule has 10 nitrogen and oxygen atoms in total. The van der Waals surface area contributed by atoms with Crippen molar-refractivity contribution in [3.63, 3.8) is 0 Å². The molecule has 1 saturated heterocycles. The van der Waals surface area contributed by atoms with E-state index in [4.69, 9.17) is 28.4 Å². The van der Waals surface area contributed by atoms with Crippen LogP contribution in [-0.2, 0) is 38.0 Å². The van der Waals surface area contributed by atoms with Gasteiger partial charge < -0.3 is 38.4 Å². The van der Waals surface area contributed by atoms with E-state index < -0.39 is 17.2 Å². The number of hydrogen-bond donors (Lipinski definition) is 1. The maximum absolute atomic E-state index is 13.0. The molecule has 0 atom stereocenters. The van der Waals surface area contributed by atoms with Crippen LogP contribution in [0, 0.1) is 20.8 Å². The first-order valence-corrected chi connectivity index (χ1v) is 16.4. The standard InChI is InChI=1S/C35H53NO9/c1-24-21-25(2)30(26(3)22-24)31-32(38)35(45-33(31)39)11-7-27(8-12-35)43-28-9-13-36(14-10-28)15-16-40-17-18-41-19-20-42-23-29(37)44-34(4,5)6/h21-22,27-28,38H,7-20,23H2,1-6H3/t27-,35+. The zero-order valence-corrected chi connectivity index (χ0v) is 28.1. The normalized spacial score (nSPS) is 23.2. The molecule has 0 aromatic heterocycles. The summed E-state index contributed by atoms with van der Waals surface area (Å²) in [6.07, 6.45) is 4.93. The Bertz CT molecular complexity index is 1160.